The summed E-state index contributed by atoms with van der Waals surface area (Å²) in [7, 11) is 1.36. The van der Waals surface area contributed by atoms with Gasteiger partial charge in [0, 0.05) is 10.6 Å². The molecule has 1 aliphatic rings. The first-order valence-corrected chi connectivity index (χ1v) is 12.7. The van der Waals surface area contributed by atoms with E-state index >= 15 is 0 Å². The molecule has 0 spiro atoms. The molecular formula is C23H27N5O3S2. The van der Waals surface area contributed by atoms with Crippen molar-refractivity contribution < 1.29 is 14.3 Å². The summed E-state index contributed by atoms with van der Waals surface area (Å²) >= 11 is 2.95. The van der Waals surface area contributed by atoms with Gasteiger partial charge >= 0.3 is 5.97 Å². The van der Waals surface area contributed by atoms with Crippen molar-refractivity contribution in [2.24, 2.45) is 0 Å². The van der Waals surface area contributed by atoms with E-state index in [-0.39, 0.29) is 11.9 Å². The Kier molecular flexibility index (Phi) is 7.34. The number of thioether (sulfide) groups is 1. The van der Waals surface area contributed by atoms with Crippen LogP contribution in [0.3, 0.4) is 0 Å². The summed E-state index contributed by atoms with van der Waals surface area (Å²) < 4.78 is 6.70. The highest BCUT2D eigenvalue weighted by atomic mass is 32.2. The number of nitrogens with zero attached hydrogens (tertiary/aromatic N) is 3. The lowest BCUT2D eigenvalue weighted by atomic mass is 9.95. The van der Waals surface area contributed by atoms with E-state index in [0.717, 1.165) is 41.7 Å². The largest absolute Gasteiger partial charge is 0.465 e. The van der Waals surface area contributed by atoms with Crippen molar-refractivity contribution >= 4 is 45.9 Å². The highest BCUT2D eigenvalue weighted by molar-refractivity contribution is 7.98. The molecule has 1 aliphatic carbocycles. The number of benzene rings is 1. The second kappa shape index (κ2) is 10.4. The lowest BCUT2D eigenvalue weighted by Crippen LogP contribution is -2.27. The van der Waals surface area contributed by atoms with Crippen LogP contribution in [0.1, 0.15) is 58.6 Å². The minimum absolute atomic E-state index is 0.186. The molecule has 1 amide bonds. The second-order valence-electron chi connectivity index (χ2n) is 7.80. The number of carbonyl (C=O) groups excluding carboxylic acids is 2. The highest BCUT2D eigenvalue weighted by Gasteiger charge is 2.30. The van der Waals surface area contributed by atoms with E-state index in [1.165, 1.54) is 30.2 Å². The number of hydrogen-bond donors (Lipinski definition) is 2. The van der Waals surface area contributed by atoms with Crippen LogP contribution in [0.4, 0.5) is 10.9 Å². The van der Waals surface area contributed by atoms with Crippen LogP contribution in [-0.2, 0) is 28.1 Å². The van der Waals surface area contributed by atoms with Gasteiger partial charge in [0.05, 0.1) is 12.7 Å². The number of esters is 1. The number of thiophene rings is 1. The molecule has 0 aliphatic heterocycles. The molecule has 4 rings (SSSR count). The van der Waals surface area contributed by atoms with Gasteiger partial charge in [0.15, 0.2) is 5.16 Å². The Hall–Kier alpha value is -2.85. The molecular weight excluding hydrogens is 458 g/mol. The molecule has 10 heteroatoms. The van der Waals surface area contributed by atoms with Crippen molar-refractivity contribution in [1.82, 2.24) is 14.8 Å². The van der Waals surface area contributed by atoms with Gasteiger partial charge in [-0.1, -0.05) is 49.0 Å². The Balaban J connectivity index is 1.58. The SMILES string of the molecule is CCC(C(=O)Nc1sc2c(c1C(=O)OC)CCCC2)n1c(N)nnc1SCc1ccccc1. The van der Waals surface area contributed by atoms with Crippen LogP contribution in [0.25, 0.3) is 0 Å². The summed E-state index contributed by atoms with van der Waals surface area (Å²) in [5, 5.41) is 12.3. The number of fused-ring (bicyclic) bond motifs is 1. The average Bonchev–Trinajstić information content (AvgIpc) is 3.38. The number of amides is 1. The Morgan fingerprint density at radius 3 is 2.73 bits per heavy atom. The third-order valence-corrected chi connectivity index (χ3v) is 7.92. The number of aromatic nitrogens is 3. The predicted octanol–water partition coefficient (Wildman–Crippen LogP) is 4.47. The van der Waals surface area contributed by atoms with Crippen molar-refractivity contribution in [3.8, 4) is 0 Å². The molecule has 8 nitrogen and oxygen atoms in total. The first-order valence-electron chi connectivity index (χ1n) is 10.9. The Bertz CT molecular complexity index is 1140. The first kappa shape index (κ1) is 23.3. The summed E-state index contributed by atoms with van der Waals surface area (Å²) in [6, 6.07) is 9.40. The summed E-state index contributed by atoms with van der Waals surface area (Å²) in [5.41, 5.74) is 8.75. The van der Waals surface area contributed by atoms with Gasteiger partial charge in [0.1, 0.15) is 11.0 Å². The number of aryl methyl sites for hydroxylation is 1. The Morgan fingerprint density at radius 1 is 1.24 bits per heavy atom. The van der Waals surface area contributed by atoms with Crippen LogP contribution in [0.2, 0.25) is 0 Å². The second-order valence-corrected chi connectivity index (χ2v) is 9.85. The number of carbonyl (C=O) groups is 2. The Labute approximate surface area is 200 Å². The van der Waals surface area contributed by atoms with E-state index in [9.17, 15) is 9.59 Å². The fourth-order valence-corrected chi connectivity index (χ4v) is 6.28. The van der Waals surface area contributed by atoms with Crippen molar-refractivity contribution in [3.63, 3.8) is 0 Å². The van der Waals surface area contributed by atoms with Crippen molar-refractivity contribution in [1.29, 1.82) is 0 Å². The summed E-state index contributed by atoms with van der Waals surface area (Å²) in [4.78, 5) is 27.1. The molecule has 2 heterocycles. The highest BCUT2D eigenvalue weighted by Crippen LogP contribution is 2.39. The van der Waals surface area contributed by atoms with Gasteiger partial charge in [0.2, 0.25) is 11.9 Å². The number of ether oxygens (including phenoxy) is 1. The molecule has 3 aromatic rings. The number of anilines is 2. The predicted molar refractivity (Wildman–Crippen MR) is 131 cm³/mol. The van der Waals surface area contributed by atoms with Gasteiger partial charge in [-0.25, -0.2) is 4.79 Å². The first-order chi connectivity index (χ1) is 16.0. The van der Waals surface area contributed by atoms with Gasteiger partial charge < -0.3 is 15.8 Å². The number of rotatable bonds is 8. The molecule has 0 saturated carbocycles. The molecule has 0 bridgehead atoms. The molecule has 3 N–H and O–H groups in total. The normalized spacial score (nSPS) is 13.9. The lowest BCUT2D eigenvalue weighted by Gasteiger charge is -2.19. The van der Waals surface area contributed by atoms with Gasteiger partial charge in [0.25, 0.3) is 0 Å². The maximum Gasteiger partial charge on any atom is 0.341 e. The third kappa shape index (κ3) is 4.91. The van der Waals surface area contributed by atoms with Gasteiger partial charge in [-0.15, -0.1) is 21.5 Å². The maximum absolute atomic E-state index is 13.4. The zero-order chi connectivity index (χ0) is 23.4. The molecule has 1 atom stereocenters. The van der Waals surface area contributed by atoms with E-state index in [2.05, 4.69) is 15.5 Å². The van der Waals surface area contributed by atoms with Gasteiger partial charge in [-0.05, 0) is 43.2 Å². The van der Waals surface area contributed by atoms with Crippen molar-refractivity contribution in [3.05, 3.63) is 51.9 Å². The summed E-state index contributed by atoms with van der Waals surface area (Å²) in [5.74, 6) is 0.197. The third-order valence-electron chi connectivity index (χ3n) is 5.70. The van der Waals surface area contributed by atoms with E-state index in [0.29, 0.717) is 27.9 Å². The number of nitrogen functional groups attached to an aromatic ring is 1. The van der Waals surface area contributed by atoms with Crippen LogP contribution in [0.5, 0.6) is 0 Å². The topological polar surface area (TPSA) is 112 Å². The van der Waals surface area contributed by atoms with E-state index in [1.54, 1.807) is 4.57 Å². The number of nitrogens with one attached hydrogen (secondary N) is 1. The molecule has 0 radical (unpaired) electrons. The molecule has 1 aromatic carbocycles. The minimum Gasteiger partial charge on any atom is -0.465 e. The molecule has 174 valence electrons. The Morgan fingerprint density at radius 2 is 2.00 bits per heavy atom. The smallest absolute Gasteiger partial charge is 0.341 e. The molecule has 2 aromatic heterocycles. The maximum atomic E-state index is 13.4. The molecule has 0 saturated heterocycles. The van der Waals surface area contributed by atoms with Gasteiger partial charge in [-0.2, -0.15) is 0 Å². The van der Waals surface area contributed by atoms with Crippen LogP contribution in [0.15, 0.2) is 35.5 Å². The van der Waals surface area contributed by atoms with Gasteiger partial charge in [-0.3, -0.25) is 9.36 Å². The van der Waals surface area contributed by atoms with Crippen LogP contribution in [-0.4, -0.2) is 33.8 Å². The fraction of sp³-hybridized carbons (Fsp3) is 0.391. The standard InChI is InChI=1S/C23H27N5O3S2/c1-3-16(28-22(24)26-27-23(28)32-13-14-9-5-4-6-10-14)19(29)25-20-18(21(30)31-2)15-11-7-8-12-17(15)33-20/h4-6,9-10,16H,3,7-8,11-13H2,1-2H3,(H2,24,26)(H,25,29). The van der Waals surface area contributed by atoms with Crippen LogP contribution in [0, 0.1) is 0 Å². The monoisotopic (exact) mass is 485 g/mol. The molecule has 0 fully saturated rings. The average molecular weight is 486 g/mol. The van der Waals surface area contributed by atoms with E-state index in [1.807, 2.05) is 37.3 Å². The number of methoxy groups -OCH3 is 1. The molecule has 33 heavy (non-hydrogen) atoms. The zero-order valence-corrected chi connectivity index (χ0v) is 20.3. The van der Waals surface area contributed by atoms with Crippen LogP contribution >= 0.6 is 23.1 Å². The lowest BCUT2D eigenvalue weighted by molar-refractivity contribution is -0.119. The fourth-order valence-electron chi connectivity index (χ4n) is 4.05. The number of hydrogen-bond acceptors (Lipinski definition) is 8. The quantitative estimate of drug-likeness (QED) is 0.358. The molecule has 1 unspecified atom stereocenters. The zero-order valence-electron chi connectivity index (χ0n) is 18.7. The summed E-state index contributed by atoms with van der Waals surface area (Å²) in [6.45, 7) is 1.91. The van der Waals surface area contributed by atoms with E-state index in [4.69, 9.17) is 10.5 Å². The van der Waals surface area contributed by atoms with Crippen molar-refractivity contribution in [2.45, 2.75) is 56.0 Å². The van der Waals surface area contributed by atoms with E-state index < -0.39 is 12.0 Å². The minimum atomic E-state index is -0.608. The number of nitrogens with two attached hydrogens (primary N) is 1. The van der Waals surface area contributed by atoms with Crippen molar-refractivity contribution in [2.75, 3.05) is 18.2 Å². The summed E-state index contributed by atoms with van der Waals surface area (Å²) in [6.07, 6.45) is 4.33. The van der Waals surface area contributed by atoms with Crippen LogP contribution < -0.4 is 11.1 Å².